The first-order chi connectivity index (χ1) is 8.78. The first-order valence-corrected chi connectivity index (χ1v) is 7.05. The highest BCUT2D eigenvalue weighted by atomic mass is 35.5. The predicted molar refractivity (Wildman–Crippen MR) is 76.8 cm³/mol. The van der Waals surface area contributed by atoms with E-state index in [1.165, 1.54) is 5.56 Å². The summed E-state index contributed by atoms with van der Waals surface area (Å²) < 4.78 is 0. The second kappa shape index (κ2) is 7.10. The summed E-state index contributed by atoms with van der Waals surface area (Å²) in [6, 6.07) is 8.15. The second-order valence-corrected chi connectivity index (χ2v) is 5.33. The molecule has 0 radical (unpaired) electrons. The standard InChI is InChI=1S/C14H22ClN3/c15-14-4-1-3-13(11-14)12-18-9-7-17(8-10-18)6-2-5-16/h1,3-4,11H,2,5-10,12,16H2. The Morgan fingerprint density at radius 2 is 1.83 bits per heavy atom. The van der Waals surface area contributed by atoms with E-state index in [2.05, 4.69) is 21.9 Å². The molecule has 18 heavy (non-hydrogen) atoms. The molecule has 0 saturated carbocycles. The minimum absolute atomic E-state index is 0.794. The summed E-state index contributed by atoms with van der Waals surface area (Å²) in [5.41, 5.74) is 6.84. The van der Waals surface area contributed by atoms with Crippen molar-refractivity contribution in [2.45, 2.75) is 13.0 Å². The topological polar surface area (TPSA) is 32.5 Å². The van der Waals surface area contributed by atoms with Gasteiger partial charge >= 0.3 is 0 Å². The Hall–Kier alpha value is -0.610. The maximum absolute atomic E-state index is 6.00. The van der Waals surface area contributed by atoms with Gasteiger partial charge in [-0.3, -0.25) is 4.90 Å². The Kier molecular flexibility index (Phi) is 5.45. The molecule has 0 aromatic heterocycles. The molecule has 0 bridgehead atoms. The molecular formula is C14H22ClN3. The van der Waals surface area contributed by atoms with Gasteiger partial charge < -0.3 is 10.6 Å². The second-order valence-electron chi connectivity index (χ2n) is 4.89. The van der Waals surface area contributed by atoms with Crippen LogP contribution in [0.1, 0.15) is 12.0 Å². The molecule has 1 aliphatic heterocycles. The monoisotopic (exact) mass is 267 g/mol. The van der Waals surface area contributed by atoms with Crippen molar-refractivity contribution in [1.29, 1.82) is 0 Å². The van der Waals surface area contributed by atoms with Crippen LogP contribution in [0.5, 0.6) is 0 Å². The minimum Gasteiger partial charge on any atom is -0.330 e. The van der Waals surface area contributed by atoms with Crippen LogP contribution in [-0.4, -0.2) is 49.1 Å². The Morgan fingerprint density at radius 3 is 2.50 bits per heavy atom. The van der Waals surface area contributed by atoms with Crippen LogP contribution in [0.2, 0.25) is 5.02 Å². The SMILES string of the molecule is NCCCN1CCN(Cc2cccc(Cl)c2)CC1. The highest BCUT2D eigenvalue weighted by Crippen LogP contribution is 2.13. The normalized spacial score (nSPS) is 18.1. The van der Waals surface area contributed by atoms with Gasteiger partial charge in [-0.15, -0.1) is 0 Å². The summed E-state index contributed by atoms with van der Waals surface area (Å²) in [4.78, 5) is 4.99. The Morgan fingerprint density at radius 1 is 1.11 bits per heavy atom. The Balaban J connectivity index is 1.76. The fourth-order valence-corrected chi connectivity index (χ4v) is 2.59. The van der Waals surface area contributed by atoms with Gasteiger partial charge in [-0.25, -0.2) is 0 Å². The van der Waals surface area contributed by atoms with Gasteiger partial charge in [-0.1, -0.05) is 23.7 Å². The van der Waals surface area contributed by atoms with Gasteiger partial charge in [-0.2, -0.15) is 0 Å². The van der Waals surface area contributed by atoms with Crippen LogP contribution in [0.25, 0.3) is 0 Å². The summed E-state index contributed by atoms with van der Waals surface area (Å²) >= 11 is 6.00. The van der Waals surface area contributed by atoms with Crippen molar-refractivity contribution in [2.75, 3.05) is 39.3 Å². The average molecular weight is 268 g/mol. The van der Waals surface area contributed by atoms with Crippen molar-refractivity contribution >= 4 is 11.6 Å². The molecule has 1 saturated heterocycles. The number of piperazine rings is 1. The van der Waals surface area contributed by atoms with Gasteiger partial charge in [0.25, 0.3) is 0 Å². The zero-order valence-corrected chi connectivity index (χ0v) is 11.6. The quantitative estimate of drug-likeness (QED) is 0.883. The van der Waals surface area contributed by atoms with Crippen LogP contribution >= 0.6 is 11.6 Å². The molecule has 0 unspecified atom stereocenters. The lowest BCUT2D eigenvalue weighted by Crippen LogP contribution is -2.46. The van der Waals surface area contributed by atoms with Gasteiger partial charge in [0.05, 0.1) is 0 Å². The predicted octanol–water partition coefficient (Wildman–Crippen LogP) is 1.81. The first-order valence-electron chi connectivity index (χ1n) is 6.67. The third-order valence-corrected chi connectivity index (χ3v) is 3.67. The first kappa shape index (κ1) is 13.8. The highest BCUT2D eigenvalue weighted by Gasteiger charge is 2.16. The highest BCUT2D eigenvalue weighted by molar-refractivity contribution is 6.30. The molecule has 4 heteroatoms. The molecule has 3 nitrogen and oxygen atoms in total. The summed E-state index contributed by atoms with van der Waals surface area (Å²) in [6.07, 6.45) is 1.11. The number of halogens is 1. The maximum Gasteiger partial charge on any atom is 0.0409 e. The number of hydrogen-bond acceptors (Lipinski definition) is 3. The molecule has 1 aliphatic rings. The molecule has 1 aromatic carbocycles. The zero-order chi connectivity index (χ0) is 12.8. The van der Waals surface area contributed by atoms with Crippen molar-refractivity contribution in [1.82, 2.24) is 9.80 Å². The third kappa shape index (κ3) is 4.25. The fraction of sp³-hybridized carbons (Fsp3) is 0.571. The Labute approximate surface area is 115 Å². The number of hydrogen-bond donors (Lipinski definition) is 1. The van der Waals surface area contributed by atoms with Crippen molar-refractivity contribution < 1.29 is 0 Å². The van der Waals surface area contributed by atoms with Crippen molar-refractivity contribution in [3.63, 3.8) is 0 Å². The average Bonchev–Trinajstić information content (AvgIpc) is 2.38. The van der Waals surface area contributed by atoms with Crippen molar-refractivity contribution in [3.8, 4) is 0 Å². The molecule has 2 rings (SSSR count). The fourth-order valence-electron chi connectivity index (χ4n) is 2.38. The number of benzene rings is 1. The van der Waals surface area contributed by atoms with Crippen LogP contribution in [0.3, 0.4) is 0 Å². The largest absolute Gasteiger partial charge is 0.330 e. The van der Waals surface area contributed by atoms with Crippen molar-refractivity contribution in [3.05, 3.63) is 34.9 Å². The van der Waals surface area contributed by atoms with Gasteiger partial charge in [-0.05, 0) is 37.2 Å². The molecule has 1 heterocycles. The van der Waals surface area contributed by atoms with E-state index in [1.54, 1.807) is 0 Å². The van der Waals surface area contributed by atoms with E-state index in [0.717, 1.165) is 57.3 Å². The van der Waals surface area contributed by atoms with Crippen molar-refractivity contribution in [2.24, 2.45) is 5.73 Å². The lowest BCUT2D eigenvalue weighted by Gasteiger charge is -2.34. The van der Waals surface area contributed by atoms with Crippen LogP contribution in [-0.2, 0) is 6.54 Å². The van der Waals surface area contributed by atoms with E-state index in [4.69, 9.17) is 17.3 Å². The molecular weight excluding hydrogens is 246 g/mol. The molecule has 0 aliphatic carbocycles. The van der Waals surface area contributed by atoms with Gasteiger partial charge in [0, 0.05) is 37.7 Å². The summed E-state index contributed by atoms with van der Waals surface area (Å²) in [5, 5.41) is 0.828. The van der Waals surface area contributed by atoms with E-state index in [0.29, 0.717) is 0 Å². The lowest BCUT2D eigenvalue weighted by molar-refractivity contribution is 0.127. The summed E-state index contributed by atoms with van der Waals surface area (Å²) in [7, 11) is 0. The van der Waals surface area contributed by atoms with E-state index in [9.17, 15) is 0 Å². The van der Waals surface area contributed by atoms with E-state index < -0.39 is 0 Å². The smallest absolute Gasteiger partial charge is 0.0409 e. The van der Waals surface area contributed by atoms with Crippen LogP contribution < -0.4 is 5.73 Å². The lowest BCUT2D eigenvalue weighted by atomic mass is 10.2. The Bertz CT molecular complexity index is 362. The molecule has 100 valence electrons. The van der Waals surface area contributed by atoms with E-state index in [-0.39, 0.29) is 0 Å². The van der Waals surface area contributed by atoms with Crippen LogP contribution in [0.4, 0.5) is 0 Å². The molecule has 1 aromatic rings. The molecule has 2 N–H and O–H groups in total. The zero-order valence-electron chi connectivity index (χ0n) is 10.8. The summed E-state index contributed by atoms with van der Waals surface area (Å²) in [6.45, 7) is 7.52. The number of rotatable bonds is 5. The molecule has 0 amide bonds. The van der Waals surface area contributed by atoms with Gasteiger partial charge in [0.1, 0.15) is 0 Å². The number of nitrogens with zero attached hydrogens (tertiary/aromatic N) is 2. The molecule has 1 fully saturated rings. The maximum atomic E-state index is 6.00. The van der Waals surface area contributed by atoms with Gasteiger partial charge in [0.15, 0.2) is 0 Å². The minimum atomic E-state index is 0.794. The summed E-state index contributed by atoms with van der Waals surface area (Å²) in [5.74, 6) is 0. The van der Waals surface area contributed by atoms with Crippen LogP contribution in [0, 0.1) is 0 Å². The van der Waals surface area contributed by atoms with E-state index >= 15 is 0 Å². The third-order valence-electron chi connectivity index (χ3n) is 3.44. The van der Waals surface area contributed by atoms with Crippen LogP contribution in [0.15, 0.2) is 24.3 Å². The molecule has 0 spiro atoms. The number of nitrogens with two attached hydrogens (primary N) is 1. The van der Waals surface area contributed by atoms with E-state index in [1.807, 2.05) is 12.1 Å². The van der Waals surface area contributed by atoms with Gasteiger partial charge in [0.2, 0.25) is 0 Å². The molecule has 0 atom stereocenters.